The smallest absolute Gasteiger partial charge is 0.0540 e. The Morgan fingerprint density at radius 3 is 2.44 bits per heavy atom. The first-order valence-electron chi connectivity index (χ1n) is 2.86. The number of rotatable bonds is 0. The third-order valence-electron chi connectivity index (χ3n) is 1.40. The van der Waals surface area contributed by atoms with E-state index in [4.69, 9.17) is 12.2 Å². The first-order chi connectivity index (χ1) is 4.20. The van der Waals surface area contributed by atoms with Gasteiger partial charge in [-0.15, -0.1) is 8.19 Å². The van der Waals surface area contributed by atoms with E-state index in [9.17, 15) is 0 Å². The molecule has 1 unspecified atom stereocenters. The zero-order valence-corrected chi connectivity index (χ0v) is 7.38. The van der Waals surface area contributed by atoms with Crippen molar-refractivity contribution in [1.82, 2.24) is 0 Å². The molecule has 1 aromatic rings. The molecule has 0 spiro atoms. The first-order valence-corrected chi connectivity index (χ1v) is 4.34. The second kappa shape index (κ2) is 2.64. The van der Waals surface area contributed by atoms with Crippen LogP contribution in [-0.2, 0) is 0 Å². The molecule has 0 N–H and O–H groups in total. The Kier molecular flexibility index (Phi) is 2.05. The van der Waals surface area contributed by atoms with Crippen LogP contribution in [0.5, 0.6) is 0 Å². The highest BCUT2D eigenvalue weighted by atomic mass is 32.1. The molecule has 0 aromatic carbocycles. The summed E-state index contributed by atoms with van der Waals surface area (Å²) in [6.07, 6.45) is 0. The van der Waals surface area contributed by atoms with Crippen LogP contribution in [0.2, 0.25) is 0 Å². The molecule has 1 atom stereocenters. The highest BCUT2D eigenvalue weighted by Gasteiger charge is 1.87. The summed E-state index contributed by atoms with van der Waals surface area (Å²) < 4.78 is 1.08. The zero-order chi connectivity index (χ0) is 6.85. The minimum Gasteiger partial charge on any atom is -0.120 e. The van der Waals surface area contributed by atoms with Gasteiger partial charge >= 0.3 is 0 Å². The third-order valence-corrected chi connectivity index (χ3v) is 2.88. The third kappa shape index (κ3) is 1.64. The van der Waals surface area contributed by atoms with Gasteiger partial charge < -0.3 is 0 Å². The topological polar surface area (TPSA) is 0 Å². The maximum Gasteiger partial charge on any atom is 0.0540 e. The van der Waals surface area contributed by atoms with Gasteiger partial charge in [0, 0.05) is 0 Å². The van der Waals surface area contributed by atoms with Gasteiger partial charge in [-0.1, -0.05) is 12.2 Å². The predicted octanol–water partition coefficient (Wildman–Crippen LogP) is 3.06. The van der Waals surface area contributed by atoms with E-state index in [1.54, 1.807) is 0 Å². The van der Waals surface area contributed by atoms with Gasteiger partial charge in [0.2, 0.25) is 0 Å². The molecular formula is C7H9PS. The van der Waals surface area contributed by atoms with Gasteiger partial charge in [0.05, 0.1) is 4.24 Å². The Morgan fingerprint density at radius 1 is 1.33 bits per heavy atom. The molecule has 48 valence electrons. The van der Waals surface area contributed by atoms with Crippen molar-refractivity contribution in [2.75, 3.05) is 0 Å². The SMILES string of the molecule is Cc1c[pH]c(=S)cc1C. The minimum absolute atomic E-state index is 0.735. The molecule has 0 saturated heterocycles. The van der Waals surface area contributed by atoms with Gasteiger partial charge in [0.1, 0.15) is 0 Å². The van der Waals surface area contributed by atoms with Crippen LogP contribution in [0.3, 0.4) is 0 Å². The molecule has 0 nitrogen and oxygen atoms in total. The quantitative estimate of drug-likeness (QED) is 0.520. The van der Waals surface area contributed by atoms with Crippen LogP contribution >= 0.6 is 20.4 Å². The van der Waals surface area contributed by atoms with Crippen molar-refractivity contribution in [1.29, 1.82) is 0 Å². The molecule has 0 aliphatic carbocycles. The largest absolute Gasteiger partial charge is 0.120 e. The molecule has 0 radical (unpaired) electrons. The van der Waals surface area contributed by atoms with Gasteiger partial charge in [-0.3, -0.25) is 0 Å². The molecule has 1 rings (SSSR count). The molecule has 9 heavy (non-hydrogen) atoms. The van der Waals surface area contributed by atoms with Crippen molar-refractivity contribution in [3.05, 3.63) is 27.2 Å². The fourth-order valence-electron chi connectivity index (χ4n) is 0.645. The monoisotopic (exact) mass is 156 g/mol. The summed E-state index contributed by atoms with van der Waals surface area (Å²) >= 11 is 5.03. The van der Waals surface area contributed by atoms with Crippen molar-refractivity contribution >= 4 is 20.4 Å². The van der Waals surface area contributed by atoms with E-state index >= 15 is 0 Å². The Bertz CT molecular complexity index is 262. The van der Waals surface area contributed by atoms with E-state index in [1.165, 1.54) is 11.1 Å². The molecule has 0 amide bonds. The standard InChI is InChI=1S/C7H9PS/c1-5-3-7(9)8-4-6(5)2/h3-4,8H,1-2H3. The van der Waals surface area contributed by atoms with E-state index in [1.807, 2.05) is 0 Å². The Hall–Kier alpha value is -0.130. The Balaban J connectivity index is 3.34. The van der Waals surface area contributed by atoms with Crippen LogP contribution < -0.4 is 0 Å². The summed E-state index contributed by atoms with van der Waals surface area (Å²) in [7, 11) is 0.735. The lowest BCUT2D eigenvalue weighted by atomic mass is 10.2. The van der Waals surface area contributed by atoms with Crippen LogP contribution in [0.1, 0.15) is 11.1 Å². The maximum absolute atomic E-state index is 5.03. The minimum atomic E-state index is 0.735. The van der Waals surface area contributed by atoms with Crippen molar-refractivity contribution in [2.24, 2.45) is 0 Å². The van der Waals surface area contributed by atoms with Crippen molar-refractivity contribution in [2.45, 2.75) is 13.8 Å². The van der Waals surface area contributed by atoms with Crippen molar-refractivity contribution in [3.63, 3.8) is 0 Å². The van der Waals surface area contributed by atoms with Gasteiger partial charge in [-0.25, -0.2) is 0 Å². The van der Waals surface area contributed by atoms with E-state index in [2.05, 4.69) is 25.7 Å². The molecule has 1 aromatic heterocycles. The van der Waals surface area contributed by atoms with E-state index < -0.39 is 0 Å². The highest BCUT2D eigenvalue weighted by molar-refractivity contribution is 7.74. The molecular weight excluding hydrogens is 147 g/mol. The summed E-state index contributed by atoms with van der Waals surface area (Å²) in [6, 6.07) is 2.09. The van der Waals surface area contributed by atoms with E-state index in [-0.39, 0.29) is 0 Å². The molecule has 1 heterocycles. The average molecular weight is 156 g/mol. The van der Waals surface area contributed by atoms with Crippen LogP contribution in [0.4, 0.5) is 0 Å². The maximum atomic E-state index is 5.03. The molecule has 0 bridgehead atoms. The van der Waals surface area contributed by atoms with E-state index in [0.717, 1.165) is 12.4 Å². The molecule has 0 aliphatic heterocycles. The summed E-state index contributed by atoms with van der Waals surface area (Å²) in [5.74, 6) is 2.21. The normalized spacial score (nSPS) is 10.4. The van der Waals surface area contributed by atoms with Gasteiger partial charge in [-0.05, 0) is 36.8 Å². The second-order valence-electron chi connectivity index (χ2n) is 2.16. The van der Waals surface area contributed by atoms with E-state index in [0.29, 0.717) is 0 Å². The van der Waals surface area contributed by atoms with Crippen molar-refractivity contribution in [3.8, 4) is 0 Å². The first kappa shape index (κ1) is 6.98. The van der Waals surface area contributed by atoms with Crippen LogP contribution in [0.15, 0.2) is 11.9 Å². The Labute approximate surface area is 62.0 Å². The van der Waals surface area contributed by atoms with Gasteiger partial charge in [-0.2, -0.15) is 0 Å². The van der Waals surface area contributed by atoms with Crippen LogP contribution in [0.25, 0.3) is 0 Å². The predicted molar refractivity (Wildman–Crippen MR) is 46.3 cm³/mol. The number of hydrogen-bond donors (Lipinski definition) is 0. The fourth-order valence-corrected chi connectivity index (χ4v) is 1.89. The van der Waals surface area contributed by atoms with Gasteiger partial charge in [0.25, 0.3) is 0 Å². The number of hydrogen-bond acceptors (Lipinski definition) is 1. The summed E-state index contributed by atoms with van der Waals surface area (Å²) in [5, 5.41) is 0. The molecule has 0 fully saturated rings. The molecule has 0 aliphatic rings. The number of aryl methyl sites for hydroxylation is 2. The fraction of sp³-hybridized carbons (Fsp3) is 0.286. The second-order valence-corrected chi connectivity index (χ2v) is 4.08. The lowest BCUT2D eigenvalue weighted by molar-refractivity contribution is 1.37. The Morgan fingerprint density at radius 2 is 2.00 bits per heavy atom. The lowest BCUT2D eigenvalue weighted by Crippen LogP contribution is -1.73. The summed E-state index contributed by atoms with van der Waals surface area (Å²) in [4.78, 5) is 0. The molecule has 2 heteroatoms. The van der Waals surface area contributed by atoms with Crippen molar-refractivity contribution < 1.29 is 0 Å². The van der Waals surface area contributed by atoms with Crippen LogP contribution in [0, 0.1) is 18.1 Å². The average Bonchev–Trinajstić information content (AvgIpc) is 1.80. The summed E-state index contributed by atoms with van der Waals surface area (Å²) in [6.45, 7) is 4.22. The molecule has 0 saturated carbocycles. The van der Waals surface area contributed by atoms with Crippen LogP contribution in [-0.4, -0.2) is 0 Å². The lowest BCUT2D eigenvalue weighted by Gasteiger charge is -1.94. The summed E-state index contributed by atoms with van der Waals surface area (Å²) in [5.41, 5.74) is 2.70. The zero-order valence-electron chi connectivity index (χ0n) is 5.56. The highest BCUT2D eigenvalue weighted by Crippen LogP contribution is 2.14. The van der Waals surface area contributed by atoms with Gasteiger partial charge in [0.15, 0.2) is 0 Å².